The van der Waals surface area contributed by atoms with Gasteiger partial charge < -0.3 is 4.74 Å². The van der Waals surface area contributed by atoms with Crippen molar-refractivity contribution < 1.29 is 23.9 Å². The summed E-state index contributed by atoms with van der Waals surface area (Å²) < 4.78 is 4.62. The molecular formula is C12H17NO5. The van der Waals surface area contributed by atoms with Crippen molar-refractivity contribution >= 4 is 23.6 Å². The number of amides is 2. The quantitative estimate of drug-likeness (QED) is 0.401. The highest BCUT2D eigenvalue weighted by molar-refractivity contribution is 6.04. The van der Waals surface area contributed by atoms with Crippen LogP contribution in [-0.2, 0) is 23.9 Å². The molecule has 1 aliphatic heterocycles. The SMILES string of the molecule is CCOC(=O)CC(=O)CN1C(=O)CC(C)CC1=O. The minimum Gasteiger partial charge on any atom is -0.466 e. The van der Waals surface area contributed by atoms with Gasteiger partial charge in [0.15, 0.2) is 5.78 Å². The van der Waals surface area contributed by atoms with Crippen LogP contribution in [0.1, 0.15) is 33.1 Å². The Morgan fingerprint density at radius 3 is 2.33 bits per heavy atom. The third kappa shape index (κ3) is 3.94. The molecular weight excluding hydrogens is 238 g/mol. The van der Waals surface area contributed by atoms with Crippen LogP contribution in [0.2, 0.25) is 0 Å². The molecule has 0 saturated carbocycles. The summed E-state index contributed by atoms with van der Waals surface area (Å²) in [7, 11) is 0. The van der Waals surface area contributed by atoms with E-state index in [-0.39, 0.29) is 43.7 Å². The zero-order valence-corrected chi connectivity index (χ0v) is 10.6. The fraction of sp³-hybridized carbons (Fsp3) is 0.667. The van der Waals surface area contributed by atoms with E-state index < -0.39 is 18.2 Å². The monoisotopic (exact) mass is 255 g/mol. The maximum absolute atomic E-state index is 11.6. The summed E-state index contributed by atoms with van der Waals surface area (Å²) in [5.74, 6) is -1.80. The molecule has 0 aromatic heterocycles. The summed E-state index contributed by atoms with van der Waals surface area (Å²) in [4.78, 5) is 46.7. The molecule has 1 saturated heterocycles. The minimum absolute atomic E-state index is 0.0152. The maximum Gasteiger partial charge on any atom is 0.313 e. The normalized spacial score (nSPS) is 16.9. The van der Waals surface area contributed by atoms with Crippen LogP contribution >= 0.6 is 0 Å². The number of piperidine rings is 1. The highest BCUT2D eigenvalue weighted by Gasteiger charge is 2.31. The Hall–Kier alpha value is -1.72. The van der Waals surface area contributed by atoms with E-state index in [0.717, 1.165) is 4.90 Å². The Morgan fingerprint density at radius 1 is 1.28 bits per heavy atom. The minimum atomic E-state index is -0.632. The molecule has 100 valence electrons. The van der Waals surface area contributed by atoms with Gasteiger partial charge in [0.25, 0.3) is 0 Å². The number of hydrogen-bond donors (Lipinski definition) is 0. The average Bonchev–Trinajstić information content (AvgIpc) is 2.23. The number of hydrogen-bond acceptors (Lipinski definition) is 5. The zero-order chi connectivity index (χ0) is 13.7. The molecule has 2 amide bonds. The largest absolute Gasteiger partial charge is 0.466 e. The van der Waals surface area contributed by atoms with Gasteiger partial charge in [0.05, 0.1) is 13.2 Å². The summed E-state index contributed by atoms with van der Waals surface area (Å²) in [6.45, 7) is 3.32. The number of likely N-dealkylation sites (tertiary alicyclic amines) is 1. The molecule has 18 heavy (non-hydrogen) atoms. The lowest BCUT2D eigenvalue weighted by Crippen LogP contribution is -2.45. The van der Waals surface area contributed by atoms with Crippen molar-refractivity contribution in [3.8, 4) is 0 Å². The number of ketones is 1. The van der Waals surface area contributed by atoms with E-state index in [1.165, 1.54) is 0 Å². The topological polar surface area (TPSA) is 80.8 Å². The zero-order valence-electron chi connectivity index (χ0n) is 10.6. The molecule has 0 atom stereocenters. The lowest BCUT2D eigenvalue weighted by Gasteiger charge is -2.27. The summed E-state index contributed by atoms with van der Waals surface area (Å²) in [6, 6.07) is 0. The molecule has 1 aliphatic rings. The molecule has 1 heterocycles. The smallest absolute Gasteiger partial charge is 0.313 e. The van der Waals surface area contributed by atoms with Crippen molar-refractivity contribution in [2.75, 3.05) is 13.2 Å². The van der Waals surface area contributed by atoms with Crippen molar-refractivity contribution in [2.45, 2.75) is 33.1 Å². The van der Waals surface area contributed by atoms with Gasteiger partial charge in [-0.25, -0.2) is 0 Å². The molecule has 0 N–H and O–H groups in total. The maximum atomic E-state index is 11.6. The summed E-state index contributed by atoms with van der Waals surface area (Å²) in [6.07, 6.45) is 0.122. The van der Waals surface area contributed by atoms with E-state index in [4.69, 9.17) is 0 Å². The third-order valence-electron chi connectivity index (χ3n) is 2.63. The van der Waals surface area contributed by atoms with Gasteiger partial charge in [0.2, 0.25) is 11.8 Å². The Balaban J connectivity index is 2.51. The van der Waals surface area contributed by atoms with E-state index in [2.05, 4.69) is 4.74 Å². The molecule has 1 fully saturated rings. The Bertz CT molecular complexity index is 359. The highest BCUT2D eigenvalue weighted by Crippen LogP contribution is 2.18. The Labute approximate surface area is 105 Å². The Morgan fingerprint density at radius 2 is 1.83 bits per heavy atom. The molecule has 0 aromatic carbocycles. The first kappa shape index (κ1) is 14.3. The van der Waals surface area contributed by atoms with Crippen molar-refractivity contribution in [1.29, 1.82) is 0 Å². The van der Waals surface area contributed by atoms with E-state index in [9.17, 15) is 19.2 Å². The summed E-state index contributed by atoms with van der Waals surface area (Å²) in [5.41, 5.74) is 0. The Kier molecular flexibility index (Phi) is 5.00. The molecule has 0 bridgehead atoms. The first-order valence-corrected chi connectivity index (χ1v) is 5.94. The molecule has 6 heteroatoms. The number of esters is 1. The van der Waals surface area contributed by atoms with Crippen LogP contribution in [-0.4, -0.2) is 41.6 Å². The van der Waals surface area contributed by atoms with Gasteiger partial charge in [-0.3, -0.25) is 24.1 Å². The van der Waals surface area contributed by atoms with Crippen LogP contribution < -0.4 is 0 Å². The lowest BCUT2D eigenvalue weighted by atomic mass is 9.97. The van der Waals surface area contributed by atoms with E-state index >= 15 is 0 Å². The fourth-order valence-corrected chi connectivity index (χ4v) is 1.81. The molecule has 0 radical (unpaired) electrons. The number of ether oxygens (including phenoxy) is 1. The second-order valence-corrected chi connectivity index (χ2v) is 4.41. The third-order valence-corrected chi connectivity index (χ3v) is 2.63. The van der Waals surface area contributed by atoms with Crippen molar-refractivity contribution in [1.82, 2.24) is 4.90 Å². The lowest BCUT2D eigenvalue weighted by molar-refractivity contribution is -0.154. The fourth-order valence-electron chi connectivity index (χ4n) is 1.81. The summed E-state index contributed by atoms with van der Waals surface area (Å²) in [5, 5.41) is 0. The second-order valence-electron chi connectivity index (χ2n) is 4.41. The molecule has 0 aromatic rings. The van der Waals surface area contributed by atoms with Crippen molar-refractivity contribution in [3.05, 3.63) is 0 Å². The van der Waals surface area contributed by atoms with Crippen LogP contribution in [0.4, 0.5) is 0 Å². The van der Waals surface area contributed by atoms with Crippen molar-refractivity contribution in [3.63, 3.8) is 0 Å². The van der Waals surface area contributed by atoms with Crippen LogP contribution in [0.3, 0.4) is 0 Å². The number of nitrogens with zero attached hydrogens (tertiary/aromatic N) is 1. The van der Waals surface area contributed by atoms with Gasteiger partial charge in [-0.15, -0.1) is 0 Å². The van der Waals surface area contributed by atoms with Crippen LogP contribution in [0, 0.1) is 5.92 Å². The average molecular weight is 255 g/mol. The van der Waals surface area contributed by atoms with Gasteiger partial charge in [0, 0.05) is 12.8 Å². The number of carbonyl (C=O) groups is 4. The van der Waals surface area contributed by atoms with Crippen molar-refractivity contribution in [2.24, 2.45) is 5.92 Å². The molecule has 1 rings (SSSR count). The predicted octanol–water partition coefficient (Wildman–Crippen LogP) is 0.294. The van der Waals surface area contributed by atoms with Crippen LogP contribution in [0.15, 0.2) is 0 Å². The molecule has 0 aliphatic carbocycles. The molecule has 6 nitrogen and oxygen atoms in total. The highest BCUT2D eigenvalue weighted by atomic mass is 16.5. The number of Topliss-reactive ketones (excluding diaryl/α,β-unsaturated/α-hetero) is 1. The number of carbonyl (C=O) groups excluding carboxylic acids is 4. The number of rotatable bonds is 5. The molecule has 0 unspecified atom stereocenters. The van der Waals surface area contributed by atoms with E-state index in [1.807, 2.05) is 6.92 Å². The van der Waals surface area contributed by atoms with Gasteiger partial charge in [-0.05, 0) is 12.8 Å². The predicted molar refractivity (Wildman–Crippen MR) is 61.4 cm³/mol. The van der Waals surface area contributed by atoms with Crippen LogP contribution in [0.25, 0.3) is 0 Å². The van der Waals surface area contributed by atoms with Gasteiger partial charge in [0.1, 0.15) is 6.42 Å². The van der Waals surface area contributed by atoms with Gasteiger partial charge >= 0.3 is 5.97 Å². The van der Waals surface area contributed by atoms with E-state index in [0.29, 0.717) is 0 Å². The van der Waals surface area contributed by atoms with E-state index in [1.54, 1.807) is 6.92 Å². The van der Waals surface area contributed by atoms with Gasteiger partial charge in [-0.2, -0.15) is 0 Å². The van der Waals surface area contributed by atoms with Gasteiger partial charge in [-0.1, -0.05) is 6.92 Å². The first-order valence-electron chi connectivity index (χ1n) is 5.94. The summed E-state index contributed by atoms with van der Waals surface area (Å²) >= 11 is 0. The standard InChI is InChI=1S/C12H17NO5/c1-3-18-12(17)6-9(14)7-13-10(15)4-8(2)5-11(13)16/h8H,3-7H2,1-2H3. The first-order chi connectivity index (χ1) is 8.43. The van der Waals surface area contributed by atoms with Crippen LogP contribution in [0.5, 0.6) is 0 Å². The molecule has 0 spiro atoms. The second kappa shape index (κ2) is 6.28. The number of imide groups is 1.